The molecule has 1 fully saturated rings. The smallest absolute Gasteiger partial charge is 0.227 e. The van der Waals surface area contributed by atoms with Crippen LogP contribution in [0.5, 0.6) is 17.2 Å². The van der Waals surface area contributed by atoms with Crippen molar-refractivity contribution in [2.24, 2.45) is 0 Å². The standard InChI is InChI=1S/C30H31N3O4/c1-4-7-21-10-15-27(28(18-21)36-3)37-17-16-32-26-9-6-5-8-25(26)31-30(32)22-19-29(34)33(20-22)23-11-13-24(35-2)14-12-23/h4-15,18,22H,16-17,19-20H2,1-3H3/b7-4+/t22-/m1/s1. The van der Waals surface area contributed by atoms with Gasteiger partial charge in [0, 0.05) is 24.6 Å². The van der Waals surface area contributed by atoms with Crippen LogP contribution in [0.15, 0.2) is 72.8 Å². The molecule has 5 rings (SSSR count). The van der Waals surface area contributed by atoms with E-state index in [0.29, 0.717) is 37.6 Å². The minimum absolute atomic E-state index is 0.0170. The van der Waals surface area contributed by atoms with Gasteiger partial charge >= 0.3 is 0 Å². The predicted molar refractivity (Wildman–Crippen MR) is 146 cm³/mol. The Kier molecular flexibility index (Phi) is 7.12. The normalized spacial score (nSPS) is 15.6. The highest BCUT2D eigenvalue weighted by Gasteiger charge is 2.34. The number of aromatic nitrogens is 2. The van der Waals surface area contributed by atoms with E-state index in [1.165, 1.54) is 0 Å². The Labute approximate surface area is 216 Å². The topological polar surface area (TPSA) is 65.8 Å². The second kappa shape index (κ2) is 10.8. The molecule has 0 spiro atoms. The molecule has 0 saturated carbocycles. The fraction of sp³-hybridized carbons (Fsp3) is 0.267. The van der Waals surface area contributed by atoms with Gasteiger partial charge in [0.2, 0.25) is 5.91 Å². The molecule has 4 aromatic rings. The second-order valence-corrected chi connectivity index (χ2v) is 8.97. The van der Waals surface area contributed by atoms with Gasteiger partial charge in [0.15, 0.2) is 11.5 Å². The van der Waals surface area contributed by atoms with E-state index in [2.05, 4.69) is 10.6 Å². The molecular weight excluding hydrogens is 466 g/mol. The third-order valence-corrected chi connectivity index (χ3v) is 6.68. The first-order valence-electron chi connectivity index (χ1n) is 12.4. The van der Waals surface area contributed by atoms with E-state index >= 15 is 0 Å². The lowest BCUT2D eigenvalue weighted by atomic mass is 10.1. The number of benzene rings is 3. The lowest BCUT2D eigenvalue weighted by molar-refractivity contribution is -0.117. The zero-order chi connectivity index (χ0) is 25.8. The van der Waals surface area contributed by atoms with E-state index in [1.807, 2.05) is 84.6 Å². The van der Waals surface area contributed by atoms with Crippen LogP contribution < -0.4 is 19.1 Å². The average Bonchev–Trinajstić information content (AvgIpc) is 3.50. The zero-order valence-electron chi connectivity index (χ0n) is 21.4. The van der Waals surface area contributed by atoms with Gasteiger partial charge in [-0.3, -0.25) is 4.79 Å². The Morgan fingerprint density at radius 2 is 1.81 bits per heavy atom. The molecule has 2 heterocycles. The summed E-state index contributed by atoms with van der Waals surface area (Å²) in [5, 5.41) is 0. The number of methoxy groups -OCH3 is 2. The molecule has 1 atom stereocenters. The third kappa shape index (κ3) is 5.03. The van der Waals surface area contributed by atoms with Crippen molar-refractivity contribution in [1.29, 1.82) is 0 Å². The number of hydrogen-bond donors (Lipinski definition) is 0. The number of allylic oxidation sites excluding steroid dienone is 1. The predicted octanol–water partition coefficient (Wildman–Crippen LogP) is 5.69. The van der Waals surface area contributed by atoms with Gasteiger partial charge < -0.3 is 23.7 Å². The number of imidazole rings is 1. The summed E-state index contributed by atoms with van der Waals surface area (Å²) in [5.41, 5.74) is 3.88. The molecule has 0 aliphatic carbocycles. The lowest BCUT2D eigenvalue weighted by Gasteiger charge is -2.18. The molecule has 1 amide bonds. The number of anilines is 1. The molecule has 37 heavy (non-hydrogen) atoms. The number of nitrogens with zero attached hydrogens (tertiary/aromatic N) is 3. The number of carbonyl (C=O) groups is 1. The molecule has 0 N–H and O–H groups in total. The SMILES string of the molecule is C/C=C/c1ccc(OCCn2c([C@@H]3CC(=O)N(c4ccc(OC)cc4)C3)nc3ccccc32)c(OC)c1. The molecule has 1 aliphatic heterocycles. The van der Waals surface area contributed by atoms with Gasteiger partial charge in [-0.05, 0) is 61.0 Å². The summed E-state index contributed by atoms with van der Waals surface area (Å²) >= 11 is 0. The molecule has 1 aromatic heterocycles. The number of hydrogen-bond acceptors (Lipinski definition) is 5. The van der Waals surface area contributed by atoms with Crippen molar-refractivity contribution in [2.75, 3.05) is 32.3 Å². The highest BCUT2D eigenvalue weighted by molar-refractivity contribution is 5.96. The molecule has 7 nitrogen and oxygen atoms in total. The number of rotatable bonds is 9. The van der Waals surface area contributed by atoms with Crippen molar-refractivity contribution in [3.05, 3.63) is 84.2 Å². The number of carbonyl (C=O) groups excluding carboxylic acids is 1. The van der Waals surface area contributed by atoms with Gasteiger partial charge in [0.05, 0.1) is 31.8 Å². The Balaban J connectivity index is 1.37. The van der Waals surface area contributed by atoms with E-state index in [1.54, 1.807) is 14.2 Å². The van der Waals surface area contributed by atoms with Crippen LogP contribution in [0.25, 0.3) is 17.1 Å². The van der Waals surface area contributed by atoms with Crippen LogP contribution in [-0.2, 0) is 11.3 Å². The monoisotopic (exact) mass is 497 g/mol. The zero-order valence-corrected chi connectivity index (χ0v) is 21.4. The van der Waals surface area contributed by atoms with Crippen LogP contribution in [-0.4, -0.2) is 42.8 Å². The van der Waals surface area contributed by atoms with Gasteiger partial charge in [-0.2, -0.15) is 0 Å². The molecule has 1 saturated heterocycles. The van der Waals surface area contributed by atoms with Crippen molar-refractivity contribution in [3.8, 4) is 17.2 Å². The molecule has 190 valence electrons. The number of fused-ring (bicyclic) bond motifs is 1. The van der Waals surface area contributed by atoms with Crippen LogP contribution >= 0.6 is 0 Å². The van der Waals surface area contributed by atoms with E-state index in [0.717, 1.165) is 33.9 Å². The summed E-state index contributed by atoms with van der Waals surface area (Å²) < 4.78 is 19.1. The average molecular weight is 498 g/mol. The van der Waals surface area contributed by atoms with Gasteiger partial charge in [-0.25, -0.2) is 4.98 Å². The van der Waals surface area contributed by atoms with Crippen LogP contribution in [0.3, 0.4) is 0 Å². The van der Waals surface area contributed by atoms with Crippen molar-refractivity contribution in [3.63, 3.8) is 0 Å². The Morgan fingerprint density at radius 1 is 1.00 bits per heavy atom. The van der Waals surface area contributed by atoms with Gasteiger partial charge in [0.1, 0.15) is 18.2 Å². The minimum Gasteiger partial charge on any atom is -0.497 e. The number of ether oxygens (including phenoxy) is 3. The summed E-state index contributed by atoms with van der Waals surface area (Å²) in [6.07, 6.45) is 4.43. The van der Waals surface area contributed by atoms with Crippen molar-refractivity contribution >= 4 is 28.7 Å². The Hall–Kier alpha value is -4.26. The summed E-state index contributed by atoms with van der Waals surface area (Å²) in [5.74, 6) is 3.14. The Bertz CT molecular complexity index is 1420. The third-order valence-electron chi connectivity index (χ3n) is 6.68. The van der Waals surface area contributed by atoms with E-state index < -0.39 is 0 Å². The molecule has 3 aromatic carbocycles. The summed E-state index contributed by atoms with van der Waals surface area (Å²) in [4.78, 5) is 19.8. The molecule has 7 heteroatoms. The molecular formula is C30H31N3O4. The van der Waals surface area contributed by atoms with E-state index in [9.17, 15) is 4.79 Å². The molecule has 0 bridgehead atoms. The van der Waals surface area contributed by atoms with Gasteiger partial charge in [0.25, 0.3) is 0 Å². The maximum absolute atomic E-state index is 13.0. The first-order valence-corrected chi connectivity index (χ1v) is 12.4. The number of amides is 1. The summed E-state index contributed by atoms with van der Waals surface area (Å²) in [6, 6.07) is 21.6. The van der Waals surface area contributed by atoms with E-state index in [4.69, 9.17) is 19.2 Å². The van der Waals surface area contributed by atoms with Crippen LogP contribution in [0.2, 0.25) is 0 Å². The minimum atomic E-state index is -0.0170. The van der Waals surface area contributed by atoms with Crippen LogP contribution in [0.4, 0.5) is 5.69 Å². The highest BCUT2D eigenvalue weighted by atomic mass is 16.5. The fourth-order valence-corrected chi connectivity index (χ4v) is 4.88. The van der Waals surface area contributed by atoms with Gasteiger partial charge in [-0.1, -0.05) is 30.4 Å². The van der Waals surface area contributed by atoms with Crippen molar-refractivity contribution < 1.29 is 19.0 Å². The number of para-hydroxylation sites is 2. The quantitative estimate of drug-likeness (QED) is 0.297. The van der Waals surface area contributed by atoms with E-state index in [-0.39, 0.29) is 11.8 Å². The lowest BCUT2D eigenvalue weighted by Crippen LogP contribution is -2.24. The fourth-order valence-electron chi connectivity index (χ4n) is 4.88. The van der Waals surface area contributed by atoms with Crippen LogP contribution in [0.1, 0.15) is 30.7 Å². The van der Waals surface area contributed by atoms with Gasteiger partial charge in [-0.15, -0.1) is 0 Å². The van der Waals surface area contributed by atoms with Crippen LogP contribution in [0, 0.1) is 0 Å². The maximum atomic E-state index is 13.0. The molecule has 1 aliphatic rings. The highest BCUT2D eigenvalue weighted by Crippen LogP contribution is 2.34. The first-order chi connectivity index (χ1) is 18.1. The molecule has 0 unspecified atom stereocenters. The molecule has 0 radical (unpaired) electrons. The Morgan fingerprint density at radius 3 is 2.57 bits per heavy atom. The summed E-state index contributed by atoms with van der Waals surface area (Å²) in [7, 11) is 3.28. The first kappa shape index (κ1) is 24.4. The second-order valence-electron chi connectivity index (χ2n) is 8.97. The van der Waals surface area contributed by atoms with Crippen molar-refractivity contribution in [1.82, 2.24) is 9.55 Å². The maximum Gasteiger partial charge on any atom is 0.227 e. The van der Waals surface area contributed by atoms with Crippen molar-refractivity contribution in [2.45, 2.75) is 25.8 Å². The largest absolute Gasteiger partial charge is 0.497 e. The summed E-state index contributed by atoms with van der Waals surface area (Å²) in [6.45, 7) is 3.60.